The second kappa shape index (κ2) is 9.95. The van der Waals surface area contributed by atoms with Crippen molar-refractivity contribution in [2.45, 2.75) is 39.7 Å². The van der Waals surface area contributed by atoms with Crippen molar-refractivity contribution in [3.8, 4) is 5.69 Å². The van der Waals surface area contributed by atoms with Gasteiger partial charge in [0.05, 0.1) is 24.0 Å². The van der Waals surface area contributed by atoms with Gasteiger partial charge in [0, 0.05) is 5.69 Å². The quantitative estimate of drug-likeness (QED) is 0.749. The van der Waals surface area contributed by atoms with Gasteiger partial charge in [0.25, 0.3) is 0 Å². The van der Waals surface area contributed by atoms with E-state index in [-0.39, 0.29) is 36.8 Å². The van der Waals surface area contributed by atoms with E-state index in [0.717, 1.165) is 35.1 Å². The van der Waals surface area contributed by atoms with Crippen LogP contribution in [0.5, 0.6) is 0 Å². The van der Waals surface area contributed by atoms with Crippen molar-refractivity contribution in [1.29, 1.82) is 0 Å². The molecule has 1 aliphatic rings. The van der Waals surface area contributed by atoms with Crippen molar-refractivity contribution in [3.63, 3.8) is 0 Å². The highest BCUT2D eigenvalue weighted by Gasteiger charge is 2.20. The Hall–Kier alpha value is -1.56. The maximum absolute atomic E-state index is 12.0. The van der Waals surface area contributed by atoms with Gasteiger partial charge in [-0.3, -0.25) is 4.79 Å². The number of carbonyl (C=O) groups excluding carboxylic acids is 1. The van der Waals surface area contributed by atoms with Crippen LogP contribution in [0.3, 0.4) is 0 Å². The van der Waals surface area contributed by atoms with E-state index in [9.17, 15) is 4.79 Å². The largest absolute Gasteiger partial charge is 0.348 e. The van der Waals surface area contributed by atoms with E-state index >= 15 is 0 Å². The van der Waals surface area contributed by atoms with Gasteiger partial charge in [0.2, 0.25) is 5.91 Å². The van der Waals surface area contributed by atoms with Crippen molar-refractivity contribution < 1.29 is 4.79 Å². The Morgan fingerprint density at radius 1 is 1.23 bits per heavy atom. The lowest BCUT2D eigenvalue weighted by Gasteiger charge is -2.15. The van der Waals surface area contributed by atoms with E-state index < -0.39 is 0 Å². The number of rotatable bonds is 7. The summed E-state index contributed by atoms with van der Waals surface area (Å²) in [6, 6.07) is 10.2. The fourth-order valence-electron chi connectivity index (χ4n) is 2.88. The SMILES string of the molecule is Cc1cc(C)n(-c2ccc(C(C)NC(=O)CNCC3CC3)cc2)n1.Cl.Cl. The molecule has 144 valence electrons. The van der Waals surface area contributed by atoms with Gasteiger partial charge in [-0.15, -0.1) is 24.8 Å². The molecule has 1 aromatic heterocycles. The number of amides is 1. The molecule has 3 rings (SSSR count). The van der Waals surface area contributed by atoms with E-state index in [2.05, 4.69) is 21.8 Å². The highest BCUT2D eigenvalue weighted by Crippen LogP contribution is 2.27. The molecule has 1 aromatic carbocycles. The predicted molar refractivity (Wildman–Crippen MR) is 110 cm³/mol. The zero-order chi connectivity index (χ0) is 17.1. The molecule has 5 nitrogen and oxygen atoms in total. The van der Waals surface area contributed by atoms with Crippen LogP contribution < -0.4 is 10.6 Å². The van der Waals surface area contributed by atoms with Crippen molar-refractivity contribution in [2.75, 3.05) is 13.1 Å². The highest BCUT2D eigenvalue weighted by molar-refractivity contribution is 5.85. The average Bonchev–Trinajstić information content (AvgIpc) is 3.30. The Labute approximate surface area is 167 Å². The minimum Gasteiger partial charge on any atom is -0.348 e. The lowest BCUT2D eigenvalue weighted by atomic mass is 10.1. The van der Waals surface area contributed by atoms with E-state index in [1.54, 1.807) is 0 Å². The van der Waals surface area contributed by atoms with Gasteiger partial charge in [-0.25, -0.2) is 4.68 Å². The van der Waals surface area contributed by atoms with Crippen LogP contribution in [-0.4, -0.2) is 28.8 Å². The van der Waals surface area contributed by atoms with Gasteiger partial charge >= 0.3 is 0 Å². The van der Waals surface area contributed by atoms with E-state index in [1.165, 1.54) is 12.8 Å². The van der Waals surface area contributed by atoms with Crippen molar-refractivity contribution in [3.05, 3.63) is 47.3 Å². The Bertz CT molecular complexity index is 711. The third-order valence-corrected chi connectivity index (χ3v) is 4.44. The van der Waals surface area contributed by atoms with Gasteiger partial charge in [-0.05, 0) is 69.8 Å². The van der Waals surface area contributed by atoms with Crippen LogP contribution in [0.15, 0.2) is 30.3 Å². The molecule has 2 N–H and O–H groups in total. The van der Waals surface area contributed by atoms with E-state index in [0.29, 0.717) is 6.54 Å². The van der Waals surface area contributed by atoms with E-state index in [4.69, 9.17) is 0 Å². The number of hydrogen-bond donors (Lipinski definition) is 2. The fourth-order valence-corrected chi connectivity index (χ4v) is 2.88. The predicted octanol–water partition coefficient (Wildman–Crippen LogP) is 3.51. The molecular weight excluding hydrogens is 371 g/mol. The molecule has 7 heteroatoms. The summed E-state index contributed by atoms with van der Waals surface area (Å²) in [5, 5.41) is 10.8. The van der Waals surface area contributed by atoms with Crippen LogP contribution in [0.2, 0.25) is 0 Å². The third-order valence-electron chi connectivity index (χ3n) is 4.44. The summed E-state index contributed by atoms with van der Waals surface area (Å²) < 4.78 is 1.93. The first kappa shape index (κ1) is 22.5. The lowest BCUT2D eigenvalue weighted by Crippen LogP contribution is -2.36. The number of benzene rings is 1. The molecule has 1 saturated carbocycles. The molecule has 0 bridgehead atoms. The minimum absolute atomic E-state index is 0. The molecule has 1 unspecified atom stereocenters. The summed E-state index contributed by atoms with van der Waals surface area (Å²) in [6.45, 7) is 7.40. The molecule has 2 aromatic rings. The fraction of sp³-hybridized carbons (Fsp3) is 0.474. The summed E-state index contributed by atoms with van der Waals surface area (Å²) >= 11 is 0. The van der Waals surface area contributed by atoms with Crippen LogP contribution in [0, 0.1) is 19.8 Å². The van der Waals surface area contributed by atoms with Gasteiger partial charge in [0.15, 0.2) is 0 Å². The van der Waals surface area contributed by atoms with E-state index in [1.807, 2.05) is 49.7 Å². The van der Waals surface area contributed by atoms with Crippen molar-refractivity contribution in [1.82, 2.24) is 20.4 Å². The maximum Gasteiger partial charge on any atom is 0.234 e. The summed E-state index contributed by atoms with van der Waals surface area (Å²) in [5.41, 5.74) is 4.25. The number of carbonyl (C=O) groups is 1. The molecule has 1 fully saturated rings. The van der Waals surface area contributed by atoms with Gasteiger partial charge in [-0.1, -0.05) is 12.1 Å². The van der Waals surface area contributed by atoms with Crippen LogP contribution >= 0.6 is 24.8 Å². The maximum atomic E-state index is 12.0. The monoisotopic (exact) mass is 398 g/mol. The van der Waals surface area contributed by atoms with Crippen LogP contribution in [-0.2, 0) is 4.79 Å². The number of aromatic nitrogens is 2. The molecule has 0 saturated heterocycles. The van der Waals surface area contributed by atoms with Crippen LogP contribution in [0.1, 0.15) is 42.8 Å². The average molecular weight is 399 g/mol. The molecule has 1 atom stereocenters. The van der Waals surface area contributed by atoms with Crippen molar-refractivity contribution in [2.24, 2.45) is 5.92 Å². The van der Waals surface area contributed by atoms with Crippen LogP contribution in [0.25, 0.3) is 5.69 Å². The summed E-state index contributed by atoms with van der Waals surface area (Å²) in [7, 11) is 0. The smallest absolute Gasteiger partial charge is 0.234 e. The second-order valence-electron chi connectivity index (χ2n) is 6.79. The lowest BCUT2D eigenvalue weighted by molar-refractivity contribution is -0.120. The third kappa shape index (κ3) is 6.01. The summed E-state index contributed by atoms with van der Waals surface area (Å²) in [4.78, 5) is 12.0. The minimum atomic E-state index is -0.00488. The summed E-state index contributed by atoms with van der Waals surface area (Å²) in [5.74, 6) is 0.836. The van der Waals surface area contributed by atoms with Gasteiger partial charge < -0.3 is 10.6 Å². The topological polar surface area (TPSA) is 59.0 Å². The number of hydrogen-bond acceptors (Lipinski definition) is 3. The second-order valence-corrected chi connectivity index (χ2v) is 6.79. The standard InChI is InChI=1S/C19H26N4O.2ClH/c1-13-10-14(2)23(22-13)18-8-6-17(7-9-18)15(3)21-19(24)12-20-11-16-4-5-16;;/h6-10,15-16,20H,4-5,11-12H2,1-3H3,(H,21,24);2*1H. The highest BCUT2D eigenvalue weighted by atomic mass is 35.5. The van der Waals surface area contributed by atoms with Crippen LogP contribution in [0.4, 0.5) is 0 Å². The molecular formula is C19H28Cl2N4O. The molecule has 1 amide bonds. The Kier molecular flexibility index (Phi) is 8.60. The first-order chi connectivity index (χ1) is 11.5. The van der Waals surface area contributed by atoms with Gasteiger partial charge in [0.1, 0.15) is 0 Å². The molecule has 0 radical (unpaired) electrons. The molecule has 1 heterocycles. The first-order valence-corrected chi connectivity index (χ1v) is 8.66. The Morgan fingerprint density at radius 2 is 1.88 bits per heavy atom. The normalized spacial score (nSPS) is 14.1. The molecule has 26 heavy (non-hydrogen) atoms. The first-order valence-electron chi connectivity index (χ1n) is 8.66. The number of aryl methyl sites for hydroxylation is 2. The summed E-state index contributed by atoms with van der Waals surface area (Å²) in [6.07, 6.45) is 2.60. The zero-order valence-corrected chi connectivity index (χ0v) is 17.1. The van der Waals surface area contributed by atoms with Crippen molar-refractivity contribution >= 4 is 30.7 Å². The molecule has 1 aliphatic carbocycles. The number of halogens is 2. The number of nitrogens with one attached hydrogen (secondary N) is 2. The Balaban J connectivity index is 0.00000169. The molecule has 0 spiro atoms. The molecule has 0 aliphatic heterocycles. The van der Waals surface area contributed by atoms with Gasteiger partial charge in [-0.2, -0.15) is 5.10 Å². The zero-order valence-electron chi connectivity index (χ0n) is 15.5. The Morgan fingerprint density at radius 3 is 2.42 bits per heavy atom. The number of nitrogens with zero attached hydrogens (tertiary/aromatic N) is 2.